The van der Waals surface area contributed by atoms with Crippen LogP contribution in [0.15, 0.2) is 41.1 Å². The zero-order valence-electron chi connectivity index (χ0n) is 8.90. The van der Waals surface area contributed by atoms with Gasteiger partial charge in [-0.1, -0.05) is 28.1 Å². The fourth-order valence-electron chi connectivity index (χ4n) is 1.70. The Morgan fingerprint density at radius 1 is 1.38 bits per heavy atom. The summed E-state index contributed by atoms with van der Waals surface area (Å²) in [6.45, 7) is 1.50. The van der Waals surface area contributed by atoms with Crippen molar-refractivity contribution in [2.45, 2.75) is 19.6 Å². The van der Waals surface area contributed by atoms with Crippen LogP contribution in [0.1, 0.15) is 24.4 Å². The lowest BCUT2D eigenvalue weighted by atomic mass is 10.1. The van der Waals surface area contributed by atoms with Crippen molar-refractivity contribution in [3.63, 3.8) is 0 Å². The number of alkyl halides is 1. The van der Waals surface area contributed by atoms with Crippen LogP contribution in [0.25, 0.3) is 0 Å². The van der Waals surface area contributed by atoms with Crippen molar-refractivity contribution < 1.29 is 4.39 Å². The van der Waals surface area contributed by atoms with Crippen molar-refractivity contribution in [3.05, 3.63) is 52.5 Å². The van der Waals surface area contributed by atoms with Crippen LogP contribution < -0.4 is 0 Å². The second kappa shape index (κ2) is 4.78. The lowest BCUT2D eigenvalue weighted by Crippen LogP contribution is -2.08. The van der Waals surface area contributed by atoms with Gasteiger partial charge in [-0.05, 0) is 24.6 Å². The molecule has 0 aliphatic rings. The fraction of sp³-hybridized carbons (Fsp3) is 0.250. The van der Waals surface area contributed by atoms with Crippen LogP contribution in [0.2, 0.25) is 0 Å². The molecular weight excluding hydrogens is 271 g/mol. The van der Waals surface area contributed by atoms with Gasteiger partial charge in [0.2, 0.25) is 0 Å². The molecule has 1 aromatic carbocycles. The molecule has 0 radical (unpaired) electrons. The van der Waals surface area contributed by atoms with Gasteiger partial charge in [0, 0.05) is 16.9 Å². The second-order valence-electron chi connectivity index (χ2n) is 3.61. The summed E-state index contributed by atoms with van der Waals surface area (Å²) in [6.07, 6.45) is 3.44. The molecule has 0 saturated heterocycles. The van der Waals surface area contributed by atoms with Gasteiger partial charge in [0.25, 0.3) is 0 Å². The third-order valence-electron chi connectivity index (χ3n) is 2.64. The van der Waals surface area contributed by atoms with E-state index >= 15 is 0 Å². The molecule has 0 aliphatic carbocycles. The molecule has 1 unspecified atom stereocenters. The van der Waals surface area contributed by atoms with Crippen molar-refractivity contribution in [3.8, 4) is 0 Å². The van der Waals surface area contributed by atoms with Gasteiger partial charge in [0.15, 0.2) is 0 Å². The Hall–Kier alpha value is -1.16. The van der Waals surface area contributed by atoms with Crippen LogP contribution in [0.3, 0.4) is 0 Å². The zero-order chi connectivity index (χ0) is 11.5. The van der Waals surface area contributed by atoms with Crippen LogP contribution >= 0.6 is 15.9 Å². The molecule has 0 spiro atoms. The van der Waals surface area contributed by atoms with E-state index in [1.54, 1.807) is 6.20 Å². The molecule has 0 N–H and O–H groups in total. The largest absolute Gasteiger partial charge is 0.326 e. The lowest BCUT2D eigenvalue weighted by Gasteiger charge is -2.15. The quantitative estimate of drug-likeness (QED) is 0.839. The lowest BCUT2D eigenvalue weighted by molar-refractivity contribution is 0.439. The SMILES string of the molecule is CC(c1ccc(Br)cc1)n1ccnc1CF. The molecule has 0 fully saturated rings. The number of benzene rings is 1. The van der Waals surface area contributed by atoms with Gasteiger partial charge in [-0.25, -0.2) is 9.37 Å². The summed E-state index contributed by atoms with van der Waals surface area (Å²) in [5.41, 5.74) is 1.14. The maximum atomic E-state index is 12.7. The van der Waals surface area contributed by atoms with Crippen LogP contribution in [0.5, 0.6) is 0 Å². The minimum atomic E-state index is -0.534. The van der Waals surface area contributed by atoms with Gasteiger partial charge in [-0.3, -0.25) is 0 Å². The van der Waals surface area contributed by atoms with Crippen molar-refractivity contribution in [2.24, 2.45) is 0 Å². The molecule has 1 aromatic heterocycles. The molecule has 2 nitrogen and oxygen atoms in total. The van der Waals surface area contributed by atoms with Crippen LogP contribution in [-0.2, 0) is 6.67 Å². The smallest absolute Gasteiger partial charge is 0.147 e. The van der Waals surface area contributed by atoms with Gasteiger partial charge in [0.05, 0.1) is 6.04 Å². The molecule has 16 heavy (non-hydrogen) atoms. The molecule has 1 atom stereocenters. The van der Waals surface area contributed by atoms with Gasteiger partial charge >= 0.3 is 0 Å². The van der Waals surface area contributed by atoms with Gasteiger partial charge in [0.1, 0.15) is 12.5 Å². The first-order valence-corrected chi connectivity index (χ1v) is 5.85. The number of halogens is 2. The highest BCUT2D eigenvalue weighted by Gasteiger charge is 2.11. The topological polar surface area (TPSA) is 17.8 Å². The number of aromatic nitrogens is 2. The number of rotatable bonds is 3. The summed E-state index contributed by atoms with van der Waals surface area (Å²) in [5, 5.41) is 0. The first kappa shape index (κ1) is 11.3. The van der Waals surface area contributed by atoms with Gasteiger partial charge in [-0.2, -0.15) is 0 Å². The standard InChI is InChI=1S/C12H12BrFN2/c1-9(10-2-4-11(13)5-3-10)16-7-6-15-12(16)8-14/h2-7,9H,8H2,1H3. The summed E-state index contributed by atoms with van der Waals surface area (Å²) >= 11 is 3.39. The van der Waals surface area contributed by atoms with Crippen molar-refractivity contribution >= 4 is 15.9 Å². The van der Waals surface area contributed by atoms with E-state index < -0.39 is 6.67 Å². The van der Waals surface area contributed by atoms with E-state index in [1.807, 2.05) is 42.0 Å². The third kappa shape index (κ3) is 2.16. The molecule has 1 heterocycles. The molecule has 84 valence electrons. The summed E-state index contributed by atoms with van der Waals surface area (Å²) < 4.78 is 15.6. The number of imidazole rings is 1. The first-order chi connectivity index (χ1) is 7.72. The van der Waals surface area contributed by atoms with Gasteiger partial charge in [-0.15, -0.1) is 0 Å². The van der Waals surface area contributed by atoms with E-state index in [4.69, 9.17) is 0 Å². The van der Waals surface area contributed by atoms with Crippen LogP contribution in [0.4, 0.5) is 4.39 Å². The summed E-state index contributed by atoms with van der Waals surface area (Å²) in [6, 6.07) is 8.12. The van der Waals surface area contributed by atoms with E-state index in [9.17, 15) is 4.39 Å². The minimum Gasteiger partial charge on any atom is -0.326 e. The average molecular weight is 283 g/mol. The van der Waals surface area contributed by atoms with Crippen LogP contribution in [-0.4, -0.2) is 9.55 Å². The van der Waals surface area contributed by atoms with E-state index in [2.05, 4.69) is 20.9 Å². The highest BCUT2D eigenvalue weighted by Crippen LogP contribution is 2.21. The summed E-state index contributed by atoms with van der Waals surface area (Å²) in [5.74, 6) is 0.468. The Bertz CT molecular complexity index is 464. The Morgan fingerprint density at radius 3 is 2.69 bits per heavy atom. The van der Waals surface area contributed by atoms with Crippen molar-refractivity contribution in [1.82, 2.24) is 9.55 Å². The van der Waals surface area contributed by atoms with Gasteiger partial charge < -0.3 is 4.57 Å². The Labute approximate surface area is 102 Å². The molecule has 0 amide bonds. The monoisotopic (exact) mass is 282 g/mol. The normalized spacial score (nSPS) is 12.7. The number of hydrogen-bond acceptors (Lipinski definition) is 1. The molecule has 2 aromatic rings. The summed E-state index contributed by atoms with van der Waals surface area (Å²) in [7, 11) is 0. The zero-order valence-corrected chi connectivity index (χ0v) is 10.5. The number of nitrogens with zero attached hydrogens (tertiary/aromatic N) is 2. The average Bonchev–Trinajstić information content (AvgIpc) is 2.77. The highest BCUT2D eigenvalue weighted by atomic mass is 79.9. The van der Waals surface area contributed by atoms with E-state index in [0.29, 0.717) is 5.82 Å². The highest BCUT2D eigenvalue weighted by molar-refractivity contribution is 9.10. The molecular formula is C12H12BrFN2. The van der Waals surface area contributed by atoms with E-state index in [0.717, 1.165) is 10.0 Å². The Morgan fingerprint density at radius 2 is 2.06 bits per heavy atom. The van der Waals surface area contributed by atoms with Crippen molar-refractivity contribution in [1.29, 1.82) is 0 Å². The second-order valence-corrected chi connectivity index (χ2v) is 4.53. The van der Waals surface area contributed by atoms with Crippen LogP contribution in [0, 0.1) is 0 Å². The molecule has 0 saturated carbocycles. The molecule has 4 heteroatoms. The van der Waals surface area contributed by atoms with E-state index in [-0.39, 0.29) is 6.04 Å². The maximum absolute atomic E-state index is 12.7. The molecule has 0 aliphatic heterocycles. The summed E-state index contributed by atoms with van der Waals surface area (Å²) in [4.78, 5) is 3.98. The number of hydrogen-bond donors (Lipinski definition) is 0. The Balaban J connectivity index is 2.31. The van der Waals surface area contributed by atoms with E-state index in [1.165, 1.54) is 0 Å². The maximum Gasteiger partial charge on any atom is 0.147 e. The third-order valence-corrected chi connectivity index (χ3v) is 3.17. The fourth-order valence-corrected chi connectivity index (χ4v) is 1.97. The molecule has 0 bridgehead atoms. The predicted octanol–water partition coefficient (Wildman–Crippen LogP) is 3.72. The van der Waals surface area contributed by atoms with Crippen molar-refractivity contribution in [2.75, 3.05) is 0 Å². The molecule has 2 rings (SSSR count). The predicted molar refractivity (Wildman–Crippen MR) is 65.0 cm³/mol. The Kier molecular flexibility index (Phi) is 3.39. The minimum absolute atomic E-state index is 0.0985. The first-order valence-electron chi connectivity index (χ1n) is 5.05.